The molecule has 6 rings (SSSR count). The molecule has 0 unspecified atom stereocenters. The first-order chi connectivity index (χ1) is 27.9. The van der Waals surface area contributed by atoms with Crippen LogP contribution < -0.4 is 0 Å². The highest BCUT2D eigenvalue weighted by molar-refractivity contribution is 7.97. The van der Waals surface area contributed by atoms with Gasteiger partial charge in [-0.2, -0.15) is 39.5 Å². The van der Waals surface area contributed by atoms with Crippen molar-refractivity contribution >= 4 is 42.0 Å². The summed E-state index contributed by atoms with van der Waals surface area (Å²) in [5, 5.41) is -7.11. The molecule has 0 fully saturated rings. The Kier molecular flexibility index (Phi) is 17.5. The van der Waals surface area contributed by atoms with Crippen LogP contribution in [0.5, 0.6) is 0 Å². The van der Waals surface area contributed by atoms with Crippen molar-refractivity contribution in [2.75, 3.05) is 6.26 Å². The molecule has 0 aliphatic carbocycles. The van der Waals surface area contributed by atoms with Gasteiger partial charge in [-0.15, -0.1) is 0 Å². The van der Waals surface area contributed by atoms with E-state index in [2.05, 4.69) is 182 Å². The lowest BCUT2D eigenvalue weighted by molar-refractivity contribution is -0.382. The Morgan fingerprint density at radius 3 is 0.667 bits per heavy atom. The molecular formula is C41H33F9O6S4. The van der Waals surface area contributed by atoms with Gasteiger partial charge in [-0.05, 0) is 72.8 Å². The molecule has 60 heavy (non-hydrogen) atoms. The monoisotopic (exact) mass is 920 g/mol. The van der Waals surface area contributed by atoms with Crippen LogP contribution in [0.1, 0.15) is 0 Å². The van der Waals surface area contributed by atoms with Crippen LogP contribution >= 0.6 is 0 Å². The molecule has 0 atom stereocenters. The summed E-state index contributed by atoms with van der Waals surface area (Å²) in [6, 6.07) is 64.3. The molecule has 0 spiro atoms. The quantitative estimate of drug-likeness (QED) is 0.0811. The molecular weight excluding hydrogens is 888 g/mol. The Morgan fingerprint density at radius 1 is 0.367 bits per heavy atom. The Morgan fingerprint density at radius 2 is 0.533 bits per heavy atom. The third kappa shape index (κ3) is 13.6. The molecule has 0 amide bonds. The van der Waals surface area contributed by atoms with E-state index in [0.717, 1.165) is 0 Å². The summed E-state index contributed by atoms with van der Waals surface area (Å²) in [5.74, 6) is -14.8. The summed E-state index contributed by atoms with van der Waals surface area (Å²) in [6.45, 7) is 0. The highest BCUT2D eigenvalue weighted by atomic mass is 32.2. The van der Waals surface area contributed by atoms with Crippen LogP contribution in [0.15, 0.2) is 211 Å². The van der Waals surface area contributed by atoms with Crippen molar-refractivity contribution in [3.8, 4) is 0 Å². The van der Waals surface area contributed by atoms with Gasteiger partial charge in [-0.3, -0.25) is 0 Å². The van der Waals surface area contributed by atoms with Crippen LogP contribution in [0.4, 0.5) is 39.5 Å². The highest BCUT2D eigenvalue weighted by Gasteiger charge is 2.83. The lowest BCUT2D eigenvalue weighted by Crippen LogP contribution is -2.63. The van der Waals surface area contributed by atoms with Gasteiger partial charge in [0.2, 0.25) is 0 Å². The molecule has 0 saturated heterocycles. The van der Waals surface area contributed by atoms with Gasteiger partial charge < -0.3 is 9.11 Å². The lowest BCUT2D eigenvalue weighted by atomic mass is 10.1. The van der Waals surface area contributed by atoms with E-state index in [1.54, 1.807) is 0 Å². The molecule has 0 aliphatic heterocycles. The first-order valence-corrected chi connectivity index (χ1v) is 22.4. The molecule has 320 valence electrons. The molecule has 0 aromatic heterocycles. The van der Waals surface area contributed by atoms with Gasteiger partial charge in [-0.1, -0.05) is 109 Å². The predicted molar refractivity (Wildman–Crippen MR) is 209 cm³/mol. The zero-order valence-corrected chi connectivity index (χ0v) is 34.1. The Labute approximate surface area is 346 Å². The summed E-state index contributed by atoms with van der Waals surface area (Å²) in [5.41, 5.74) is 0. The zero-order valence-electron chi connectivity index (χ0n) is 30.8. The Balaban J connectivity index is 0.000000228. The lowest BCUT2D eigenvalue weighted by Gasteiger charge is -2.34. The van der Waals surface area contributed by atoms with Gasteiger partial charge in [0.05, 0.1) is 31.9 Å². The van der Waals surface area contributed by atoms with Crippen molar-refractivity contribution in [3.63, 3.8) is 0 Å². The average Bonchev–Trinajstić information content (AvgIpc) is 3.20. The first-order valence-electron chi connectivity index (χ1n) is 16.8. The summed E-state index contributed by atoms with van der Waals surface area (Å²) in [4.78, 5) is 8.17. The molecule has 6 aromatic carbocycles. The van der Waals surface area contributed by atoms with Gasteiger partial charge in [-0.25, -0.2) is 16.8 Å². The molecule has 0 radical (unpaired) electrons. The molecule has 19 heteroatoms. The van der Waals surface area contributed by atoms with Crippen molar-refractivity contribution in [3.05, 3.63) is 182 Å². The number of alkyl halides is 9. The third-order valence-corrected chi connectivity index (χ3v) is 12.6. The second kappa shape index (κ2) is 21.1. The summed E-state index contributed by atoms with van der Waals surface area (Å²) in [6.07, 6.45) is -6.56. The van der Waals surface area contributed by atoms with Gasteiger partial charge >= 0.3 is 23.3 Å². The summed E-state index contributed by atoms with van der Waals surface area (Å²) >= 11 is 0. The minimum absolute atomic E-state index is 0.0146. The first kappa shape index (κ1) is 49.6. The fourth-order valence-electron chi connectivity index (χ4n) is 4.67. The standard InChI is InChI=1S/2C18H15S.C4HF9O3S.CH4O3S/c2*1-4-10-16(11-5-1)19(17-12-6-2-7-13-17)18-14-8-3-9-15-18;5-1(6,3(9,10)11)2(7,8)4(12,13)17(14,15)16;1-5(2,3)4/h2*1-15H;(H,14,15,16);1H3,(H,2,3,4)/q2*+1;;/p-2. The normalized spacial score (nSPS) is 12.2. The number of hydrogen-bond donors (Lipinski definition) is 0. The van der Waals surface area contributed by atoms with Crippen LogP contribution in [0.25, 0.3) is 0 Å². The van der Waals surface area contributed by atoms with Crippen LogP contribution in [0, 0.1) is 0 Å². The minimum atomic E-state index is -7.43. The van der Waals surface area contributed by atoms with Gasteiger partial charge in [0.15, 0.2) is 39.5 Å². The summed E-state index contributed by atoms with van der Waals surface area (Å²) < 4.78 is 163. The fraction of sp³-hybridized carbons (Fsp3) is 0.122. The molecule has 0 saturated carbocycles. The maximum atomic E-state index is 12.2. The molecule has 6 aromatic rings. The van der Waals surface area contributed by atoms with E-state index < -0.39 is 43.5 Å². The number of hydrogen-bond acceptors (Lipinski definition) is 6. The maximum absolute atomic E-state index is 12.2. The third-order valence-electron chi connectivity index (χ3n) is 7.30. The predicted octanol–water partition coefficient (Wildman–Crippen LogP) is 10.7. The van der Waals surface area contributed by atoms with Gasteiger partial charge in [0.25, 0.3) is 0 Å². The van der Waals surface area contributed by atoms with Crippen molar-refractivity contribution in [1.29, 1.82) is 0 Å². The molecule has 6 nitrogen and oxygen atoms in total. The summed E-state index contributed by atoms with van der Waals surface area (Å²) in [7, 11) is -11.4. The number of rotatable bonds is 9. The largest absolute Gasteiger partial charge is 0.748 e. The van der Waals surface area contributed by atoms with E-state index in [9.17, 15) is 52.5 Å². The minimum Gasteiger partial charge on any atom is -0.748 e. The topological polar surface area (TPSA) is 114 Å². The van der Waals surface area contributed by atoms with E-state index in [-0.39, 0.29) is 21.8 Å². The van der Waals surface area contributed by atoms with Crippen molar-refractivity contribution in [1.82, 2.24) is 0 Å². The molecule has 0 bridgehead atoms. The second-order valence-electron chi connectivity index (χ2n) is 11.8. The van der Waals surface area contributed by atoms with E-state index >= 15 is 0 Å². The maximum Gasteiger partial charge on any atom is 0.460 e. The molecule has 0 aliphatic rings. The van der Waals surface area contributed by atoms with E-state index in [4.69, 9.17) is 13.0 Å². The van der Waals surface area contributed by atoms with Crippen molar-refractivity contribution in [2.45, 2.75) is 52.6 Å². The van der Waals surface area contributed by atoms with E-state index in [0.29, 0.717) is 6.26 Å². The Hall–Kier alpha value is -4.79. The number of benzene rings is 6. The van der Waals surface area contributed by atoms with Gasteiger partial charge in [0.1, 0.15) is 0 Å². The molecule has 0 heterocycles. The smallest absolute Gasteiger partial charge is 0.460 e. The Bertz CT molecular complexity index is 2090. The van der Waals surface area contributed by atoms with E-state index in [1.165, 1.54) is 29.4 Å². The SMILES string of the molecule is CS(=O)(=O)[O-].O=S(=O)([O-])C(F)(F)C(F)(F)C(F)(F)C(F)(F)F.c1ccc([S+](c2ccccc2)c2ccccc2)cc1.c1ccc([S+](c2ccccc2)c2ccccc2)cc1. The highest BCUT2D eigenvalue weighted by Crippen LogP contribution is 2.54. The fourth-order valence-corrected chi connectivity index (χ4v) is 9.32. The average molecular weight is 921 g/mol. The van der Waals surface area contributed by atoms with Crippen LogP contribution in [-0.4, -0.2) is 55.5 Å². The van der Waals surface area contributed by atoms with Crippen LogP contribution in [0.3, 0.4) is 0 Å². The van der Waals surface area contributed by atoms with Crippen LogP contribution in [-0.2, 0) is 42.0 Å². The van der Waals surface area contributed by atoms with E-state index in [1.807, 2.05) is 0 Å². The van der Waals surface area contributed by atoms with Crippen LogP contribution in [0.2, 0.25) is 0 Å². The van der Waals surface area contributed by atoms with Gasteiger partial charge in [0, 0.05) is 6.26 Å². The molecule has 0 N–H and O–H groups in total. The van der Waals surface area contributed by atoms with Crippen molar-refractivity contribution < 1.29 is 65.5 Å². The van der Waals surface area contributed by atoms with Crippen molar-refractivity contribution in [2.24, 2.45) is 0 Å². The number of halogens is 9. The second-order valence-corrected chi connectivity index (χ2v) is 18.7. The zero-order chi connectivity index (χ0) is 44.8.